The van der Waals surface area contributed by atoms with Gasteiger partial charge in [-0.3, -0.25) is 19.2 Å². The van der Waals surface area contributed by atoms with Crippen molar-refractivity contribution in [3.05, 3.63) is 102 Å². The van der Waals surface area contributed by atoms with Gasteiger partial charge in [-0.25, -0.2) is 0 Å². The lowest BCUT2D eigenvalue weighted by Gasteiger charge is -2.34. The molecule has 226 valence electrons. The van der Waals surface area contributed by atoms with E-state index in [1.165, 1.54) is 21.9 Å². The fraction of sp³-hybridized carbons (Fsp3) is 0.333. The molecule has 43 heavy (non-hydrogen) atoms. The van der Waals surface area contributed by atoms with Crippen molar-refractivity contribution in [2.45, 2.75) is 56.3 Å². The number of carbonyl (C=O) groups is 4. The van der Waals surface area contributed by atoms with E-state index in [9.17, 15) is 24.3 Å². The van der Waals surface area contributed by atoms with E-state index in [0.717, 1.165) is 16.7 Å². The third-order valence-electron chi connectivity index (χ3n) is 7.86. The van der Waals surface area contributed by atoms with Crippen molar-refractivity contribution in [2.75, 3.05) is 13.6 Å². The molecule has 1 aliphatic rings. The average Bonchev–Trinajstić information content (AvgIpc) is 3.50. The number of primary amides is 1. The van der Waals surface area contributed by atoms with Crippen LogP contribution in [0.25, 0.3) is 0 Å². The highest BCUT2D eigenvalue weighted by Gasteiger charge is 2.40. The van der Waals surface area contributed by atoms with Crippen molar-refractivity contribution >= 4 is 23.6 Å². The summed E-state index contributed by atoms with van der Waals surface area (Å²) in [6.45, 7) is 0.378. The molecular formula is C33H39N5O5. The maximum Gasteiger partial charge on any atom is 0.245 e. The van der Waals surface area contributed by atoms with Crippen LogP contribution in [0, 0.1) is 0 Å². The molecule has 0 spiro atoms. The second-order valence-corrected chi connectivity index (χ2v) is 11.0. The minimum Gasteiger partial charge on any atom is -0.508 e. The van der Waals surface area contributed by atoms with E-state index in [0.29, 0.717) is 19.4 Å². The van der Waals surface area contributed by atoms with Crippen LogP contribution in [0.5, 0.6) is 5.75 Å². The lowest BCUT2D eigenvalue weighted by Crippen LogP contribution is -2.58. The Morgan fingerprint density at radius 1 is 0.884 bits per heavy atom. The van der Waals surface area contributed by atoms with Crippen LogP contribution in [-0.2, 0) is 38.4 Å². The van der Waals surface area contributed by atoms with Crippen molar-refractivity contribution in [3.8, 4) is 5.75 Å². The Bertz CT molecular complexity index is 1400. The number of nitrogens with one attached hydrogen (secondary N) is 1. The molecule has 10 heteroatoms. The molecule has 0 aromatic heterocycles. The smallest absolute Gasteiger partial charge is 0.245 e. The number of hydrogen-bond donors (Lipinski definition) is 4. The van der Waals surface area contributed by atoms with Gasteiger partial charge in [0.2, 0.25) is 23.6 Å². The maximum absolute atomic E-state index is 13.9. The Labute approximate surface area is 251 Å². The van der Waals surface area contributed by atoms with Gasteiger partial charge in [0, 0.05) is 26.4 Å². The minimum absolute atomic E-state index is 0.119. The first kappa shape index (κ1) is 31.2. The van der Waals surface area contributed by atoms with E-state index in [1.54, 1.807) is 19.2 Å². The largest absolute Gasteiger partial charge is 0.508 e. The molecule has 0 radical (unpaired) electrons. The molecule has 1 fully saturated rings. The molecule has 4 amide bonds. The normalized spacial score (nSPS) is 16.6. The number of nitrogens with two attached hydrogens (primary N) is 2. The monoisotopic (exact) mass is 585 g/mol. The lowest BCUT2D eigenvalue weighted by molar-refractivity contribution is -0.147. The lowest BCUT2D eigenvalue weighted by atomic mass is 10.0. The van der Waals surface area contributed by atoms with Crippen LogP contribution in [0.2, 0.25) is 0 Å². The van der Waals surface area contributed by atoms with Crippen LogP contribution >= 0.6 is 0 Å². The van der Waals surface area contributed by atoms with Gasteiger partial charge in [-0.1, -0.05) is 72.8 Å². The SMILES string of the molecule is CN(C(=O)[C@@H]1CCCN1C(=O)[C@@H](N)Cc1ccc(O)cc1)[C@@H](Cc1ccccc1)C(=O)N[C@@H](Cc1ccccc1)C(N)=O. The fourth-order valence-corrected chi connectivity index (χ4v) is 5.45. The summed E-state index contributed by atoms with van der Waals surface area (Å²) < 4.78 is 0. The number of amides is 4. The van der Waals surface area contributed by atoms with Gasteiger partial charge in [-0.2, -0.15) is 0 Å². The zero-order chi connectivity index (χ0) is 30.9. The summed E-state index contributed by atoms with van der Waals surface area (Å²) in [5, 5.41) is 12.3. The van der Waals surface area contributed by atoms with E-state index < -0.39 is 36.0 Å². The first-order valence-electron chi connectivity index (χ1n) is 14.4. The number of hydrogen-bond acceptors (Lipinski definition) is 6. The molecule has 0 aliphatic carbocycles. The van der Waals surface area contributed by atoms with Gasteiger partial charge in [0.25, 0.3) is 0 Å². The van der Waals surface area contributed by atoms with Gasteiger partial charge in [-0.15, -0.1) is 0 Å². The Kier molecular flexibility index (Phi) is 10.5. The zero-order valence-corrected chi connectivity index (χ0v) is 24.3. The van der Waals surface area contributed by atoms with E-state index in [4.69, 9.17) is 11.5 Å². The highest BCUT2D eigenvalue weighted by molar-refractivity contribution is 5.95. The van der Waals surface area contributed by atoms with Crippen molar-refractivity contribution in [3.63, 3.8) is 0 Å². The van der Waals surface area contributed by atoms with E-state index in [2.05, 4.69) is 5.32 Å². The number of nitrogens with zero attached hydrogens (tertiary/aromatic N) is 2. The summed E-state index contributed by atoms with van der Waals surface area (Å²) in [5.41, 5.74) is 14.4. The van der Waals surface area contributed by atoms with Crippen LogP contribution in [0.4, 0.5) is 0 Å². The Morgan fingerprint density at radius 2 is 1.44 bits per heavy atom. The molecule has 0 saturated carbocycles. The van der Waals surface area contributed by atoms with Gasteiger partial charge in [0.15, 0.2) is 0 Å². The number of likely N-dealkylation sites (tertiary alicyclic amines) is 1. The molecule has 6 N–H and O–H groups in total. The molecule has 4 atom stereocenters. The van der Waals surface area contributed by atoms with Crippen molar-refractivity contribution in [2.24, 2.45) is 11.5 Å². The number of rotatable bonds is 12. The van der Waals surface area contributed by atoms with Crippen LogP contribution in [-0.4, -0.2) is 76.3 Å². The highest BCUT2D eigenvalue weighted by atomic mass is 16.3. The summed E-state index contributed by atoms with van der Waals surface area (Å²) in [6.07, 6.45) is 1.73. The Hall–Kier alpha value is -4.70. The molecule has 10 nitrogen and oxygen atoms in total. The minimum atomic E-state index is -0.973. The van der Waals surface area contributed by atoms with Crippen LogP contribution < -0.4 is 16.8 Å². The second kappa shape index (κ2) is 14.5. The predicted octanol–water partition coefficient (Wildman–Crippen LogP) is 1.54. The molecule has 3 aromatic rings. The molecule has 1 saturated heterocycles. The van der Waals surface area contributed by atoms with Crippen molar-refractivity contribution < 1.29 is 24.3 Å². The first-order chi connectivity index (χ1) is 20.6. The number of benzene rings is 3. The zero-order valence-electron chi connectivity index (χ0n) is 24.3. The third-order valence-corrected chi connectivity index (χ3v) is 7.86. The van der Waals surface area contributed by atoms with Crippen LogP contribution in [0.3, 0.4) is 0 Å². The summed E-state index contributed by atoms with van der Waals surface area (Å²) in [4.78, 5) is 56.2. The van der Waals surface area contributed by atoms with Gasteiger partial charge >= 0.3 is 0 Å². The number of phenols is 1. The van der Waals surface area contributed by atoms with E-state index >= 15 is 0 Å². The highest BCUT2D eigenvalue weighted by Crippen LogP contribution is 2.23. The average molecular weight is 586 g/mol. The predicted molar refractivity (Wildman–Crippen MR) is 162 cm³/mol. The topological polar surface area (TPSA) is 159 Å². The van der Waals surface area contributed by atoms with Crippen molar-refractivity contribution in [1.82, 2.24) is 15.1 Å². The standard InChI is InChI=1S/C33H39N5O5/c1-37(33(43)28-13-8-18-38(28)32(42)26(34)19-24-14-16-25(39)17-15-24)29(21-23-11-6-3-7-12-23)31(41)36-27(30(35)40)20-22-9-4-2-5-10-22/h2-7,9-12,14-17,26-29,39H,8,13,18-21,34H2,1H3,(H2,35,40)(H,36,41)/t26-,27-,28-,29-/m0/s1. The molecule has 0 unspecified atom stereocenters. The summed E-state index contributed by atoms with van der Waals surface area (Å²) >= 11 is 0. The van der Waals surface area contributed by atoms with E-state index in [1.807, 2.05) is 60.7 Å². The third kappa shape index (κ3) is 8.20. The molecule has 4 rings (SSSR count). The quantitative estimate of drug-likeness (QED) is 0.252. The first-order valence-corrected chi connectivity index (χ1v) is 14.4. The van der Waals surface area contributed by atoms with E-state index in [-0.39, 0.29) is 36.8 Å². The van der Waals surface area contributed by atoms with Gasteiger partial charge < -0.3 is 31.7 Å². The molecule has 3 aromatic carbocycles. The fourth-order valence-electron chi connectivity index (χ4n) is 5.45. The molecule has 0 bridgehead atoms. The maximum atomic E-state index is 13.9. The second-order valence-electron chi connectivity index (χ2n) is 11.0. The van der Waals surface area contributed by atoms with Gasteiger partial charge in [0.1, 0.15) is 23.9 Å². The number of aromatic hydroxyl groups is 1. The summed E-state index contributed by atoms with van der Waals surface area (Å²) in [6, 6.07) is 21.4. The number of carbonyl (C=O) groups excluding carboxylic acids is 4. The van der Waals surface area contributed by atoms with Crippen LogP contribution in [0.1, 0.15) is 29.5 Å². The molecule has 1 heterocycles. The molecular weight excluding hydrogens is 546 g/mol. The summed E-state index contributed by atoms with van der Waals surface area (Å²) in [7, 11) is 1.54. The van der Waals surface area contributed by atoms with Gasteiger partial charge in [0.05, 0.1) is 6.04 Å². The Morgan fingerprint density at radius 3 is 2.02 bits per heavy atom. The number of phenolic OH excluding ortho intramolecular Hbond substituents is 1. The summed E-state index contributed by atoms with van der Waals surface area (Å²) in [5.74, 6) is -1.80. The number of likely N-dealkylation sites (N-methyl/N-ethyl adjacent to an activating group) is 1. The van der Waals surface area contributed by atoms with Gasteiger partial charge in [-0.05, 0) is 48.1 Å². The van der Waals surface area contributed by atoms with Crippen molar-refractivity contribution in [1.29, 1.82) is 0 Å². The van der Waals surface area contributed by atoms with Crippen LogP contribution in [0.15, 0.2) is 84.9 Å². The Balaban J connectivity index is 1.51. The molecule has 1 aliphatic heterocycles.